The Kier molecular flexibility index (Phi) is 6.90. The third-order valence-corrected chi connectivity index (χ3v) is 3.83. The molecule has 2 amide bonds. The van der Waals surface area contributed by atoms with Gasteiger partial charge >= 0.3 is 0 Å². The van der Waals surface area contributed by atoms with E-state index in [2.05, 4.69) is 10.6 Å². The van der Waals surface area contributed by atoms with E-state index in [9.17, 15) is 9.59 Å². The number of halogens is 2. The van der Waals surface area contributed by atoms with E-state index in [0.29, 0.717) is 16.5 Å². The third kappa shape index (κ3) is 5.76. The molecule has 5 nitrogen and oxygen atoms in total. The average molecular weight is 367 g/mol. The Morgan fingerprint density at radius 2 is 1.71 bits per heavy atom. The number of ether oxygens (including phenoxy) is 1. The minimum Gasteiger partial charge on any atom is -0.493 e. The van der Waals surface area contributed by atoms with Gasteiger partial charge in [0.1, 0.15) is 5.75 Å². The van der Waals surface area contributed by atoms with Crippen molar-refractivity contribution in [1.82, 2.24) is 5.32 Å². The molecule has 24 heavy (non-hydrogen) atoms. The zero-order valence-electron chi connectivity index (χ0n) is 12.7. The summed E-state index contributed by atoms with van der Waals surface area (Å²) in [5.41, 5.74) is 0.399. The highest BCUT2D eigenvalue weighted by Gasteiger charge is 2.09. The second-order valence-electron chi connectivity index (χ2n) is 4.84. The van der Waals surface area contributed by atoms with E-state index in [0.717, 1.165) is 0 Å². The van der Waals surface area contributed by atoms with Crippen LogP contribution in [0.25, 0.3) is 0 Å². The Hall–Kier alpha value is -2.24. The predicted octanol–water partition coefficient (Wildman–Crippen LogP) is 3.52. The van der Waals surface area contributed by atoms with Gasteiger partial charge in [0, 0.05) is 0 Å². The van der Waals surface area contributed by atoms with Crippen molar-refractivity contribution >= 4 is 40.7 Å². The fourth-order valence-electron chi connectivity index (χ4n) is 1.84. The lowest BCUT2D eigenvalue weighted by Gasteiger charge is -2.09. The molecule has 0 radical (unpaired) electrons. The average Bonchev–Trinajstić information content (AvgIpc) is 2.58. The molecule has 0 heterocycles. The molecule has 7 heteroatoms. The van der Waals surface area contributed by atoms with Crippen LogP contribution < -0.4 is 15.4 Å². The smallest absolute Gasteiger partial charge is 0.243 e. The normalized spacial score (nSPS) is 10.1. The first-order valence-corrected chi connectivity index (χ1v) is 8.00. The summed E-state index contributed by atoms with van der Waals surface area (Å²) in [6.45, 7) is 0.0740. The van der Waals surface area contributed by atoms with Crippen LogP contribution in [0.3, 0.4) is 0 Å². The van der Waals surface area contributed by atoms with Gasteiger partial charge in [0.25, 0.3) is 0 Å². The fourth-order valence-corrected chi connectivity index (χ4v) is 2.19. The van der Waals surface area contributed by atoms with Gasteiger partial charge in [-0.25, -0.2) is 0 Å². The third-order valence-electron chi connectivity index (χ3n) is 3.01. The van der Waals surface area contributed by atoms with Gasteiger partial charge < -0.3 is 15.4 Å². The van der Waals surface area contributed by atoms with Crippen LogP contribution in [-0.4, -0.2) is 25.0 Å². The number of carbonyl (C=O) groups is 2. The number of hydrogen-bond donors (Lipinski definition) is 2. The monoisotopic (exact) mass is 366 g/mol. The van der Waals surface area contributed by atoms with Crippen LogP contribution in [0.15, 0.2) is 48.5 Å². The highest BCUT2D eigenvalue weighted by atomic mass is 35.5. The number of rotatable bonds is 7. The zero-order chi connectivity index (χ0) is 17.4. The number of nitrogens with one attached hydrogen (secondary N) is 2. The van der Waals surface area contributed by atoms with Gasteiger partial charge in [-0.2, -0.15) is 0 Å². The number of hydrogen-bond acceptors (Lipinski definition) is 3. The molecule has 0 aromatic heterocycles. The van der Waals surface area contributed by atoms with Gasteiger partial charge in [-0.05, 0) is 24.3 Å². The molecule has 0 fully saturated rings. The predicted molar refractivity (Wildman–Crippen MR) is 94.7 cm³/mol. The summed E-state index contributed by atoms with van der Waals surface area (Å²) >= 11 is 11.8. The fraction of sp³-hybridized carbons (Fsp3) is 0.176. The van der Waals surface area contributed by atoms with E-state index >= 15 is 0 Å². The topological polar surface area (TPSA) is 67.4 Å². The van der Waals surface area contributed by atoms with Gasteiger partial charge in [-0.15, -0.1) is 0 Å². The standard InChI is InChI=1S/C17H16Cl2N2O3/c18-13-7-4-8-14(17(13)19)21-16(23)11-20-15(22)9-10-24-12-5-2-1-3-6-12/h1-8H,9-11H2,(H,20,22)(H,21,23). The Bertz CT molecular complexity index is 708. The Labute approximate surface area is 149 Å². The van der Waals surface area contributed by atoms with Crippen molar-refractivity contribution in [2.24, 2.45) is 0 Å². The number of carbonyl (C=O) groups excluding carboxylic acids is 2. The molecule has 0 bridgehead atoms. The molecule has 0 saturated heterocycles. The van der Waals surface area contributed by atoms with E-state index in [1.165, 1.54) is 0 Å². The molecule has 0 aliphatic rings. The van der Waals surface area contributed by atoms with Crippen LogP contribution in [0.4, 0.5) is 5.69 Å². The Morgan fingerprint density at radius 1 is 0.958 bits per heavy atom. The minimum absolute atomic E-state index is 0.153. The van der Waals surface area contributed by atoms with Crippen molar-refractivity contribution in [3.63, 3.8) is 0 Å². The van der Waals surface area contributed by atoms with Crippen LogP contribution in [0, 0.1) is 0 Å². The first-order chi connectivity index (χ1) is 11.6. The van der Waals surface area contributed by atoms with E-state index < -0.39 is 5.91 Å². The maximum Gasteiger partial charge on any atom is 0.243 e. The van der Waals surface area contributed by atoms with Gasteiger partial charge in [0.2, 0.25) is 11.8 Å². The molecule has 0 aliphatic carbocycles. The second kappa shape index (κ2) is 9.15. The molecular weight excluding hydrogens is 351 g/mol. The summed E-state index contributed by atoms with van der Waals surface area (Å²) in [6.07, 6.45) is 0.153. The van der Waals surface area contributed by atoms with E-state index in [1.54, 1.807) is 30.3 Å². The first-order valence-electron chi connectivity index (χ1n) is 7.24. The zero-order valence-corrected chi connectivity index (χ0v) is 14.2. The SMILES string of the molecule is O=C(CCOc1ccccc1)NCC(=O)Nc1cccc(Cl)c1Cl. The first kappa shape index (κ1) is 18.1. The van der Waals surface area contributed by atoms with Gasteiger partial charge in [0.15, 0.2) is 0 Å². The molecule has 0 atom stereocenters. The van der Waals surface area contributed by atoms with Crippen LogP contribution in [0.1, 0.15) is 6.42 Å². The molecule has 0 saturated carbocycles. The molecule has 2 aromatic rings. The number of para-hydroxylation sites is 1. The van der Waals surface area contributed by atoms with Crippen molar-refractivity contribution in [1.29, 1.82) is 0 Å². The lowest BCUT2D eigenvalue weighted by Crippen LogP contribution is -2.33. The Morgan fingerprint density at radius 3 is 2.46 bits per heavy atom. The van der Waals surface area contributed by atoms with Crippen molar-refractivity contribution in [3.05, 3.63) is 58.6 Å². The highest BCUT2D eigenvalue weighted by molar-refractivity contribution is 6.44. The van der Waals surface area contributed by atoms with Crippen molar-refractivity contribution in [2.75, 3.05) is 18.5 Å². The lowest BCUT2D eigenvalue weighted by molar-refractivity contribution is -0.124. The lowest BCUT2D eigenvalue weighted by atomic mass is 10.3. The molecular formula is C17H16Cl2N2O3. The second-order valence-corrected chi connectivity index (χ2v) is 5.62. The van der Waals surface area contributed by atoms with Crippen molar-refractivity contribution < 1.29 is 14.3 Å². The molecule has 0 unspecified atom stereocenters. The van der Waals surface area contributed by atoms with Crippen LogP contribution in [-0.2, 0) is 9.59 Å². The van der Waals surface area contributed by atoms with Crippen molar-refractivity contribution in [3.8, 4) is 5.75 Å². The van der Waals surface area contributed by atoms with Gasteiger partial charge in [-0.3, -0.25) is 9.59 Å². The molecule has 2 N–H and O–H groups in total. The summed E-state index contributed by atoms with van der Waals surface area (Å²) in [7, 11) is 0. The molecule has 2 aromatic carbocycles. The number of amides is 2. The maximum absolute atomic E-state index is 11.8. The van der Waals surface area contributed by atoms with Crippen LogP contribution in [0.2, 0.25) is 10.0 Å². The van der Waals surface area contributed by atoms with Crippen LogP contribution in [0.5, 0.6) is 5.75 Å². The van der Waals surface area contributed by atoms with Crippen LogP contribution >= 0.6 is 23.2 Å². The summed E-state index contributed by atoms with van der Waals surface area (Å²) in [6, 6.07) is 14.1. The quantitative estimate of drug-likeness (QED) is 0.787. The maximum atomic E-state index is 11.8. The molecule has 0 spiro atoms. The number of anilines is 1. The van der Waals surface area contributed by atoms with Crippen molar-refractivity contribution in [2.45, 2.75) is 6.42 Å². The van der Waals surface area contributed by atoms with E-state index in [4.69, 9.17) is 27.9 Å². The highest BCUT2D eigenvalue weighted by Crippen LogP contribution is 2.29. The summed E-state index contributed by atoms with van der Waals surface area (Å²) in [5.74, 6) is 0.0217. The molecule has 0 aliphatic heterocycles. The number of benzene rings is 2. The van der Waals surface area contributed by atoms with E-state index in [-0.39, 0.29) is 30.5 Å². The summed E-state index contributed by atoms with van der Waals surface area (Å²) < 4.78 is 5.41. The molecule has 126 valence electrons. The minimum atomic E-state index is -0.392. The molecule has 2 rings (SSSR count). The van der Waals surface area contributed by atoms with Gasteiger partial charge in [0.05, 0.1) is 35.3 Å². The van der Waals surface area contributed by atoms with E-state index in [1.807, 2.05) is 18.2 Å². The van der Waals surface area contributed by atoms with Gasteiger partial charge in [-0.1, -0.05) is 47.5 Å². The summed E-state index contributed by atoms with van der Waals surface area (Å²) in [4.78, 5) is 23.5. The summed E-state index contributed by atoms with van der Waals surface area (Å²) in [5, 5.41) is 5.71. The largest absolute Gasteiger partial charge is 0.493 e. The Balaban J connectivity index is 1.69.